The molecule has 0 aliphatic rings. The molecule has 6 heteroatoms. The third-order valence-electron chi connectivity index (χ3n) is 2.91. The molecule has 1 aromatic rings. The summed E-state index contributed by atoms with van der Waals surface area (Å²) in [5.74, 6) is -0.441. The van der Waals surface area contributed by atoms with Crippen LogP contribution in [0.25, 0.3) is 0 Å². The first-order valence-electron chi connectivity index (χ1n) is 6.28. The number of sulfone groups is 1. The minimum atomic E-state index is -3.26. The fourth-order valence-corrected chi connectivity index (χ4v) is 2.38. The summed E-state index contributed by atoms with van der Waals surface area (Å²) in [5, 5.41) is 8.80. The van der Waals surface area contributed by atoms with Gasteiger partial charge in [-0.2, -0.15) is 5.26 Å². The van der Waals surface area contributed by atoms with Gasteiger partial charge >= 0.3 is 0 Å². The lowest BCUT2D eigenvalue weighted by Crippen LogP contribution is -2.34. The van der Waals surface area contributed by atoms with Crippen LogP contribution in [-0.2, 0) is 9.84 Å². The third kappa shape index (κ3) is 4.07. The first-order valence-corrected chi connectivity index (χ1v) is 8.17. The SMILES string of the molecule is CCN(CC(C)C#N)C(=O)c1ccc(S(C)(=O)=O)cc1. The van der Waals surface area contributed by atoms with Crippen molar-refractivity contribution in [1.82, 2.24) is 4.90 Å². The molecule has 1 atom stereocenters. The molecular weight excluding hydrogens is 276 g/mol. The molecule has 5 nitrogen and oxygen atoms in total. The molecule has 0 N–H and O–H groups in total. The number of carbonyl (C=O) groups excluding carboxylic acids is 1. The van der Waals surface area contributed by atoms with Crippen LogP contribution in [0.3, 0.4) is 0 Å². The first kappa shape index (κ1) is 16.2. The van der Waals surface area contributed by atoms with E-state index in [9.17, 15) is 13.2 Å². The second-order valence-electron chi connectivity index (χ2n) is 4.67. The molecule has 0 saturated carbocycles. The standard InChI is InChI=1S/C14H18N2O3S/c1-4-16(10-11(2)9-15)14(17)12-5-7-13(8-6-12)20(3,18)19/h5-8,11H,4,10H2,1-3H3. The van der Waals surface area contributed by atoms with Gasteiger partial charge in [-0.05, 0) is 38.1 Å². The number of hydrogen-bond donors (Lipinski definition) is 0. The van der Waals surface area contributed by atoms with Gasteiger partial charge in [-0.15, -0.1) is 0 Å². The number of nitriles is 1. The Balaban J connectivity index is 2.94. The van der Waals surface area contributed by atoms with E-state index in [4.69, 9.17) is 5.26 Å². The van der Waals surface area contributed by atoms with Gasteiger partial charge in [0, 0.05) is 24.9 Å². The lowest BCUT2D eigenvalue weighted by molar-refractivity contribution is 0.0752. The number of rotatable bonds is 5. The second-order valence-corrected chi connectivity index (χ2v) is 6.69. The summed E-state index contributed by atoms with van der Waals surface area (Å²) in [6.45, 7) is 4.45. The number of benzene rings is 1. The van der Waals surface area contributed by atoms with Crippen molar-refractivity contribution in [3.63, 3.8) is 0 Å². The van der Waals surface area contributed by atoms with Crippen LogP contribution in [0.15, 0.2) is 29.2 Å². The van der Waals surface area contributed by atoms with E-state index in [0.717, 1.165) is 6.26 Å². The van der Waals surface area contributed by atoms with E-state index in [2.05, 4.69) is 6.07 Å². The minimum Gasteiger partial charge on any atom is -0.338 e. The smallest absolute Gasteiger partial charge is 0.253 e. The van der Waals surface area contributed by atoms with E-state index < -0.39 is 9.84 Å². The molecule has 20 heavy (non-hydrogen) atoms. The van der Waals surface area contributed by atoms with E-state index in [0.29, 0.717) is 18.7 Å². The van der Waals surface area contributed by atoms with E-state index in [1.54, 1.807) is 11.8 Å². The van der Waals surface area contributed by atoms with E-state index in [-0.39, 0.29) is 16.7 Å². The Morgan fingerprint density at radius 3 is 2.30 bits per heavy atom. The molecule has 0 aliphatic heterocycles. The highest BCUT2D eigenvalue weighted by molar-refractivity contribution is 7.90. The zero-order valence-electron chi connectivity index (χ0n) is 11.8. The van der Waals surface area contributed by atoms with E-state index in [1.807, 2.05) is 6.92 Å². The largest absolute Gasteiger partial charge is 0.338 e. The number of hydrogen-bond acceptors (Lipinski definition) is 4. The van der Waals surface area contributed by atoms with Crippen LogP contribution in [0.1, 0.15) is 24.2 Å². The molecule has 0 saturated heterocycles. The maximum Gasteiger partial charge on any atom is 0.253 e. The van der Waals surface area contributed by atoms with Crippen LogP contribution in [0.4, 0.5) is 0 Å². The molecule has 0 aromatic heterocycles. The molecule has 0 fully saturated rings. The summed E-state index contributed by atoms with van der Waals surface area (Å²) in [4.78, 5) is 14.0. The average Bonchev–Trinajstić information content (AvgIpc) is 2.42. The van der Waals surface area contributed by atoms with Crippen LogP contribution < -0.4 is 0 Å². The molecule has 0 spiro atoms. The van der Waals surface area contributed by atoms with Crippen LogP contribution >= 0.6 is 0 Å². The Morgan fingerprint density at radius 1 is 1.35 bits per heavy atom. The van der Waals surface area contributed by atoms with Crippen molar-refractivity contribution in [3.8, 4) is 6.07 Å². The lowest BCUT2D eigenvalue weighted by atomic mass is 10.1. The Bertz CT molecular complexity index is 615. The molecule has 0 bridgehead atoms. The molecule has 0 aliphatic carbocycles. The Kier molecular flexibility index (Phi) is 5.28. The molecule has 1 amide bonds. The van der Waals surface area contributed by atoms with Crippen LogP contribution in [-0.4, -0.2) is 38.6 Å². The Labute approximate surface area is 119 Å². The molecular formula is C14H18N2O3S. The first-order chi connectivity index (χ1) is 9.29. The van der Waals surface area contributed by atoms with Gasteiger partial charge in [0.25, 0.3) is 5.91 Å². The van der Waals surface area contributed by atoms with Crippen LogP contribution in [0.2, 0.25) is 0 Å². The maximum absolute atomic E-state index is 12.3. The van der Waals surface area contributed by atoms with E-state index >= 15 is 0 Å². The zero-order chi connectivity index (χ0) is 15.3. The van der Waals surface area contributed by atoms with Crippen LogP contribution in [0.5, 0.6) is 0 Å². The number of amides is 1. The van der Waals surface area contributed by atoms with Crippen LogP contribution in [0, 0.1) is 17.2 Å². The highest BCUT2D eigenvalue weighted by Gasteiger charge is 2.17. The highest BCUT2D eigenvalue weighted by atomic mass is 32.2. The minimum absolute atomic E-state index is 0.183. The molecule has 1 aromatic carbocycles. The monoisotopic (exact) mass is 294 g/mol. The van der Waals surface area contributed by atoms with Crippen molar-refractivity contribution >= 4 is 15.7 Å². The summed E-state index contributed by atoms with van der Waals surface area (Å²) in [5.41, 5.74) is 0.421. The normalized spacial score (nSPS) is 12.5. The van der Waals surface area contributed by atoms with Gasteiger partial charge in [0.1, 0.15) is 0 Å². The van der Waals surface area contributed by atoms with Crippen molar-refractivity contribution in [2.24, 2.45) is 5.92 Å². The van der Waals surface area contributed by atoms with Gasteiger partial charge in [-0.25, -0.2) is 8.42 Å². The summed E-state index contributed by atoms with van der Waals surface area (Å²) in [6, 6.07) is 7.93. The summed E-state index contributed by atoms with van der Waals surface area (Å²) in [6.07, 6.45) is 1.12. The fourth-order valence-electron chi connectivity index (χ4n) is 1.75. The number of carbonyl (C=O) groups is 1. The van der Waals surface area contributed by atoms with Crippen molar-refractivity contribution < 1.29 is 13.2 Å². The van der Waals surface area contributed by atoms with Gasteiger partial charge in [0.2, 0.25) is 0 Å². The lowest BCUT2D eigenvalue weighted by Gasteiger charge is -2.22. The molecule has 1 rings (SSSR count). The maximum atomic E-state index is 12.3. The predicted octanol–water partition coefficient (Wildman–Crippen LogP) is 1.71. The van der Waals surface area contributed by atoms with Gasteiger partial charge in [0.05, 0.1) is 16.9 Å². The Hall–Kier alpha value is -1.87. The third-order valence-corrected chi connectivity index (χ3v) is 4.04. The van der Waals surface area contributed by atoms with Crippen molar-refractivity contribution in [3.05, 3.63) is 29.8 Å². The van der Waals surface area contributed by atoms with E-state index in [1.165, 1.54) is 24.3 Å². The van der Waals surface area contributed by atoms with Gasteiger partial charge in [-0.1, -0.05) is 0 Å². The van der Waals surface area contributed by atoms with Gasteiger partial charge in [-0.3, -0.25) is 4.79 Å². The molecule has 1 unspecified atom stereocenters. The summed E-state index contributed by atoms with van der Waals surface area (Å²) in [7, 11) is -3.26. The summed E-state index contributed by atoms with van der Waals surface area (Å²) < 4.78 is 22.7. The Morgan fingerprint density at radius 2 is 1.90 bits per heavy atom. The molecule has 0 radical (unpaired) electrons. The van der Waals surface area contributed by atoms with Gasteiger partial charge in [0.15, 0.2) is 9.84 Å². The highest BCUT2D eigenvalue weighted by Crippen LogP contribution is 2.13. The fraction of sp³-hybridized carbons (Fsp3) is 0.429. The average molecular weight is 294 g/mol. The quantitative estimate of drug-likeness (QED) is 0.828. The topological polar surface area (TPSA) is 78.2 Å². The van der Waals surface area contributed by atoms with Gasteiger partial charge < -0.3 is 4.90 Å². The van der Waals surface area contributed by atoms with Crippen molar-refractivity contribution in [2.75, 3.05) is 19.3 Å². The van der Waals surface area contributed by atoms with Crippen molar-refractivity contribution in [2.45, 2.75) is 18.7 Å². The number of nitrogens with zero attached hydrogens (tertiary/aromatic N) is 2. The predicted molar refractivity (Wildman–Crippen MR) is 75.9 cm³/mol. The second kappa shape index (κ2) is 6.53. The molecule has 108 valence electrons. The summed E-state index contributed by atoms with van der Waals surface area (Å²) >= 11 is 0. The van der Waals surface area contributed by atoms with Crippen molar-refractivity contribution in [1.29, 1.82) is 5.26 Å². The zero-order valence-corrected chi connectivity index (χ0v) is 12.6. The molecule has 0 heterocycles.